The number of Topliss-reactive ketones (excluding diaryl/α,β-unsaturated/α-hetero) is 1. The number of thiophene rings is 1. The topological polar surface area (TPSA) is 85.4 Å². The lowest BCUT2D eigenvalue weighted by Crippen LogP contribution is -2.20. The second-order valence-electron chi connectivity index (χ2n) is 5.93. The van der Waals surface area contributed by atoms with Crippen LogP contribution in [-0.4, -0.2) is 29.3 Å². The van der Waals surface area contributed by atoms with E-state index in [1.54, 1.807) is 34.9 Å². The molecule has 1 aliphatic heterocycles. The number of carbonyl (C=O) groups is 3. The van der Waals surface area contributed by atoms with Crippen molar-refractivity contribution in [2.45, 2.75) is 12.8 Å². The first-order chi connectivity index (χ1) is 13.1. The Bertz CT molecular complexity index is 1020. The highest BCUT2D eigenvalue weighted by molar-refractivity contribution is 7.20. The fourth-order valence-corrected chi connectivity index (χ4v) is 4.33. The number of fused-ring (bicyclic) bond motifs is 1. The quantitative estimate of drug-likeness (QED) is 0.522. The molecule has 4 rings (SSSR count). The number of hydrogen-bond acceptors (Lipinski definition) is 7. The van der Waals surface area contributed by atoms with Crippen LogP contribution >= 0.6 is 22.7 Å². The Morgan fingerprint density at radius 1 is 1.19 bits per heavy atom. The number of anilines is 1. The van der Waals surface area contributed by atoms with Gasteiger partial charge in [0.05, 0.1) is 4.88 Å². The Kier molecular flexibility index (Phi) is 4.83. The molecule has 0 spiro atoms. The van der Waals surface area contributed by atoms with Gasteiger partial charge in [0.2, 0.25) is 5.91 Å². The monoisotopic (exact) mass is 398 g/mol. The Balaban J connectivity index is 1.39. The largest absolute Gasteiger partial charge is 0.453 e. The molecule has 8 heteroatoms. The highest BCUT2D eigenvalue weighted by Gasteiger charge is 2.19. The number of aromatic nitrogens is 1. The van der Waals surface area contributed by atoms with Crippen LogP contribution in [0.15, 0.2) is 41.1 Å². The van der Waals surface area contributed by atoms with Crippen molar-refractivity contribution in [3.05, 3.63) is 57.9 Å². The number of rotatable bonds is 5. The maximum absolute atomic E-state index is 12.3. The van der Waals surface area contributed by atoms with Crippen LogP contribution in [0.3, 0.4) is 0 Å². The summed E-state index contributed by atoms with van der Waals surface area (Å²) in [5.74, 6) is -0.940. The van der Waals surface area contributed by atoms with Gasteiger partial charge in [0.1, 0.15) is 5.01 Å². The SMILES string of the molecule is O=C1CCc2cc(C(=O)COC(=O)c3csc(-c4cccs4)n3)ccc2N1. The molecular weight excluding hydrogens is 384 g/mol. The molecule has 0 atom stereocenters. The molecule has 136 valence electrons. The maximum atomic E-state index is 12.3. The summed E-state index contributed by atoms with van der Waals surface area (Å²) >= 11 is 2.90. The molecule has 27 heavy (non-hydrogen) atoms. The third-order valence-corrected chi connectivity index (χ3v) is 5.98. The summed E-state index contributed by atoms with van der Waals surface area (Å²) in [6, 6.07) is 8.92. The molecule has 1 aliphatic rings. The molecule has 0 unspecified atom stereocenters. The van der Waals surface area contributed by atoms with Crippen molar-refractivity contribution in [1.29, 1.82) is 0 Å². The van der Waals surface area contributed by atoms with E-state index >= 15 is 0 Å². The van der Waals surface area contributed by atoms with Crippen molar-refractivity contribution in [3.8, 4) is 9.88 Å². The molecule has 3 aromatic rings. The molecule has 6 nitrogen and oxygen atoms in total. The van der Waals surface area contributed by atoms with Gasteiger partial charge < -0.3 is 10.1 Å². The van der Waals surface area contributed by atoms with E-state index in [-0.39, 0.29) is 24.0 Å². The molecule has 2 aromatic heterocycles. The lowest BCUT2D eigenvalue weighted by atomic mass is 9.99. The lowest BCUT2D eigenvalue weighted by molar-refractivity contribution is -0.116. The summed E-state index contributed by atoms with van der Waals surface area (Å²) in [5, 5.41) is 7.09. The molecular formula is C19H14N2O4S2. The molecule has 3 heterocycles. The average molecular weight is 398 g/mol. The van der Waals surface area contributed by atoms with Crippen molar-refractivity contribution >= 4 is 46.0 Å². The van der Waals surface area contributed by atoms with Crippen molar-refractivity contribution in [2.24, 2.45) is 0 Å². The normalized spacial score (nSPS) is 13.0. The number of esters is 1. The maximum Gasteiger partial charge on any atom is 0.358 e. The molecule has 0 bridgehead atoms. The van der Waals surface area contributed by atoms with Gasteiger partial charge in [0.25, 0.3) is 0 Å². The van der Waals surface area contributed by atoms with E-state index in [1.165, 1.54) is 11.3 Å². The zero-order valence-corrected chi connectivity index (χ0v) is 15.7. The predicted molar refractivity (Wildman–Crippen MR) is 103 cm³/mol. The minimum Gasteiger partial charge on any atom is -0.453 e. The molecule has 1 amide bonds. The Morgan fingerprint density at radius 2 is 2.07 bits per heavy atom. The smallest absolute Gasteiger partial charge is 0.358 e. The molecule has 1 N–H and O–H groups in total. The van der Waals surface area contributed by atoms with Gasteiger partial charge in [-0.1, -0.05) is 6.07 Å². The van der Waals surface area contributed by atoms with E-state index in [9.17, 15) is 14.4 Å². The van der Waals surface area contributed by atoms with Crippen LogP contribution in [0.2, 0.25) is 0 Å². The molecule has 0 radical (unpaired) electrons. The summed E-state index contributed by atoms with van der Waals surface area (Å²) in [6.45, 7) is -0.351. The van der Waals surface area contributed by atoms with Crippen LogP contribution in [0.5, 0.6) is 0 Å². The van der Waals surface area contributed by atoms with Crippen LogP contribution in [0.25, 0.3) is 9.88 Å². The summed E-state index contributed by atoms with van der Waals surface area (Å²) < 4.78 is 5.13. The third kappa shape index (κ3) is 3.81. The second-order valence-corrected chi connectivity index (χ2v) is 7.74. The fraction of sp³-hybridized carbons (Fsp3) is 0.158. The zero-order valence-electron chi connectivity index (χ0n) is 14.1. The van der Waals surface area contributed by atoms with Crippen molar-refractivity contribution < 1.29 is 19.1 Å². The van der Waals surface area contributed by atoms with E-state index in [4.69, 9.17) is 4.74 Å². The molecule has 0 fully saturated rings. The molecule has 0 saturated heterocycles. The van der Waals surface area contributed by atoms with Gasteiger partial charge in [-0.05, 0) is 41.6 Å². The standard InChI is InChI=1S/C19H14N2O4S2/c22-15(12-3-5-13-11(8-12)4-6-17(23)20-13)9-25-19(24)14-10-27-18(21-14)16-2-1-7-26-16/h1-3,5,7-8,10H,4,6,9H2,(H,20,23). The average Bonchev–Trinajstić information content (AvgIpc) is 3.36. The van der Waals surface area contributed by atoms with E-state index in [1.807, 2.05) is 17.5 Å². The number of carbonyl (C=O) groups excluding carboxylic acids is 3. The zero-order chi connectivity index (χ0) is 18.8. The summed E-state index contributed by atoms with van der Waals surface area (Å²) in [4.78, 5) is 41.1. The van der Waals surface area contributed by atoms with Crippen molar-refractivity contribution in [2.75, 3.05) is 11.9 Å². The van der Waals surface area contributed by atoms with Crippen molar-refractivity contribution in [1.82, 2.24) is 4.98 Å². The van der Waals surface area contributed by atoms with E-state index in [0.717, 1.165) is 21.1 Å². The summed E-state index contributed by atoms with van der Waals surface area (Å²) in [7, 11) is 0. The van der Waals surface area contributed by atoms with E-state index in [2.05, 4.69) is 10.3 Å². The van der Waals surface area contributed by atoms with Gasteiger partial charge >= 0.3 is 5.97 Å². The van der Waals surface area contributed by atoms with E-state index in [0.29, 0.717) is 18.4 Å². The number of ketones is 1. The number of benzene rings is 1. The summed E-state index contributed by atoms with van der Waals surface area (Å²) in [6.07, 6.45) is 0.989. The molecule has 1 aromatic carbocycles. The van der Waals surface area contributed by atoms with Gasteiger partial charge in [-0.15, -0.1) is 22.7 Å². The number of hydrogen-bond donors (Lipinski definition) is 1. The first-order valence-electron chi connectivity index (χ1n) is 8.22. The predicted octanol–water partition coefficient (Wildman–Crippen LogP) is 3.80. The van der Waals surface area contributed by atoms with Crippen LogP contribution < -0.4 is 5.32 Å². The van der Waals surface area contributed by atoms with Gasteiger partial charge in [-0.3, -0.25) is 9.59 Å². The van der Waals surface area contributed by atoms with Crippen LogP contribution in [0.1, 0.15) is 32.8 Å². The number of thiazole rings is 1. The van der Waals surface area contributed by atoms with Gasteiger partial charge in [0.15, 0.2) is 18.1 Å². The number of nitrogens with zero attached hydrogens (tertiary/aromatic N) is 1. The minimum absolute atomic E-state index is 0.0271. The number of aryl methyl sites for hydroxylation is 1. The minimum atomic E-state index is -0.618. The Morgan fingerprint density at radius 3 is 2.89 bits per heavy atom. The van der Waals surface area contributed by atoms with Crippen LogP contribution in [-0.2, 0) is 16.0 Å². The first-order valence-corrected chi connectivity index (χ1v) is 9.98. The lowest BCUT2D eigenvalue weighted by Gasteiger charge is -2.17. The number of nitrogens with one attached hydrogen (secondary N) is 1. The fourth-order valence-electron chi connectivity index (χ4n) is 2.73. The van der Waals surface area contributed by atoms with Crippen molar-refractivity contribution in [3.63, 3.8) is 0 Å². The highest BCUT2D eigenvalue weighted by Crippen LogP contribution is 2.28. The van der Waals surface area contributed by atoms with Gasteiger partial charge in [-0.25, -0.2) is 9.78 Å². The van der Waals surface area contributed by atoms with Crippen LogP contribution in [0, 0.1) is 0 Å². The highest BCUT2D eigenvalue weighted by atomic mass is 32.1. The number of amides is 1. The van der Waals surface area contributed by atoms with Gasteiger partial charge in [-0.2, -0.15) is 0 Å². The molecule has 0 aliphatic carbocycles. The summed E-state index contributed by atoms with van der Waals surface area (Å²) in [5.41, 5.74) is 2.29. The Labute approximate surface area is 162 Å². The first kappa shape index (κ1) is 17.6. The van der Waals surface area contributed by atoms with Crippen LogP contribution in [0.4, 0.5) is 5.69 Å². The number of ether oxygens (including phenoxy) is 1. The second kappa shape index (κ2) is 7.42. The molecule has 0 saturated carbocycles. The Hall–Kier alpha value is -2.84. The van der Waals surface area contributed by atoms with E-state index < -0.39 is 5.97 Å². The third-order valence-electron chi connectivity index (χ3n) is 4.10. The van der Waals surface area contributed by atoms with Gasteiger partial charge in [0, 0.05) is 23.1 Å².